The summed E-state index contributed by atoms with van der Waals surface area (Å²) in [4.78, 5) is 0. The molecule has 0 spiro atoms. The van der Waals surface area contributed by atoms with Gasteiger partial charge in [-0.2, -0.15) is 11.8 Å². The molecule has 0 saturated carbocycles. The Morgan fingerprint density at radius 2 is 1.85 bits per heavy atom. The van der Waals surface area contributed by atoms with Crippen LogP contribution in [0.4, 0.5) is 0 Å². The van der Waals surface area contributed by atoms with Crippen molar-refractivity contribution in [3.05, 3.63) is 48.0 Å². The second-order valence-corrected chi connectivity index (χ2v) is 5.86. The zero-order valence-electron chi connectivity index (χ0n) is 11.6. The van der Waals surface area contributed by atoms with E-state index < -0.39 is 6.10 Å². The maximum absolute atomic E-state index is 9.39. The molecule has 0 fully saturated rings. The number of nitrogens with one attached hydrogen (secondary N) is 1. The second kappa shape index (κ2) is 7.64. The van der Waals surface area contributed by atoms with Crippen LogP contribution >= 0.6 is 11.8 Å². The third-order valence-corrected chi connectivity index (χ3v) is 4.54. The van der Waals surface area contributed by atoms with Crippen LogP contribution in [-0.2, 0) is 0 Å². The summed E-state index contributed by atoms with van der Waals surface area (Å²) in [5.74, 6) is 1.42. The normalized spacial score (nSPS) is 14.3. The van der Waals surface area contributed by atoms with E-state index in [2.05, 4.69) is 41.7 Å². The lowest BCUT2D eigenvalue weighted by Crippen LogP contribution is -2.21. The van der Waals surface area contributed by atoms with Crippen LogP contribution < -0.4 is 5.32 Å². The minimum Gasteiger partial charge on any atom is -0.394 e. The van der Waals surface area contributed by atoms with Crippen molar-refractivity contribution in [3.8, 4) is 0 Å². The summed E-state index contributed by atoms with van der Waals surface area (Å²) in [7, 11) is 1.95. The highest BCUT2D eigenvalue weighted by Crippen LogP contribution is 2.26. The van der Waals surface area contributed by atoms with Crippen molar-refractivity contribution in [3.63, 3.8) is 0 Å². The van der Waals surface area contributed by atoms with Crippen LogP contribution in [0.25, 0.3) is 10.8 Å². The van der Waals surface area contributed by atoms with Crippen molar-refractivity contribution < 1.29 is 10.2 Å². The molecule has 2 aromatic rings. The molecule has 0 heterocycles. The lowest BCUT2D eigenvalue weighted by Gasteiger charge is -2.19. The van der Waals surface area contributed by atoms with Crippen molar-refractivity contribution in [2.24, 2.45) is 0 Å². The molecule has 0 aliphatic heterocycles. The number of hydrogen-bond acceptors (Lipinski definition) is 4. The number of thioether (sulfide) groups is 1. The van der Waals surface area contributed by atoms with Gasteiger partial charge in [0.15, 0.2) is 0 Å². The molecule has 3 nitrogen and oxygen atoms in total. The Balaban J connectivity index is 2.13. The van der Waals surface area contributed by atoms with Crippen molar-refractivity contribution in [1.29, 1.82) is 0 Å². The maximum Gasteiger partial charge on any atom is 0.0861 e. The first-order chi connectivity index (χ1) is 9.76. The van der Waals surface area contributed by atoms with Gasteiger partial charge in [0.25, 0.3) is 0 Å². The zero-order valence-corrected chi connectivity index (χ0v) is 12.4. The van der Waals surface area contributed by atoms with E-state index in [-0.39, 0.29) is 12.6 Å². The molecular formula is C16H21NO2S. The fourth-order valence-corrected chi connectivity index (χ4v) is 3.35. The molecule has 2 atom stereocenters. The Hall–Kier alpha value is -1.07. The summed E-state index contributed by atoms with van der Waals surface area (Å²) in [6.45, 7) is -0.175. The van der Waals surface area contributed by atoms with Gasteiger partial charge < -0.3 is 15.5 Å². The molecule has 0 aromatic heterocycles. The van der Waals surface area contributed by atoms with Gasteiger partial charge in [-0.1, -0.05) is 42.5 Å². The molecule has 0 bridgehead atoms. The monoisotopic (exact) mass is 291 g/mol. The van der Waals surface area contributed by atoms with E-state index in [9.17, 15) is 5.11 Å². The molecular weight excluding hydrogens is 270 g/mol. The summed E-state index contributed by atoms with van der Waals surface area (Å²) < 4.78 is 0. The van der Waals surface area contributed by atoms with E-state index in [1.165, 1.54) is 16.3 Å². The average molecular weight is 291 g/mol. The van der Waals surface area contributed by atoms with Gasteiger partial charge in [0.05, 0.1) is 12.7 Å². The molecule has 0 saturated heterocycles. The van der Waals surface area contributed by atoms with Gasteiger partial charge in [-0.05, 0) is 23.4 Å². The molecule has 3 N–H and O–H groups in total. The van der Waals surface area contributed by atoms with Gasteiger partial charge in [-0.3, -0.25) is 0 Å². The summed E-state index contributed by atoms with van der Waals surface area (Å²) in [6.07, 6.45) is -0.634. The van der Waals surface area contributed by atoms with E-state index in [0.717, 1.165) is 5.75 Å². The lowest BCUT2D eigenvalue weighted by molar-refractivity contribution is 0.113. The van der Waals surface area contributed by atoms with E-state index in [4.69, 9.17) is 5.11 Å². The fourth-order valence-electron chi connectivity index (χ4n) is 2.26. The predicted octanol–water partition coefficient (Wildman–Crippen LogP) is 2.19. The highest BCUT2D eigenvalue weighted by Gasteiger charge is 2.13. The molecule has 108 valence electrons. The second-order valence-electron chi connectivity index (χ2n) is 4.78. The van der Waals surface area contributed by atoms with E-state index >= 15 is 0 Å². The highest BCUT2D eigenvalue weighted by atomic mass is 32.2. The standard InChI is InChI=1S/C16H21NO2S/c1-17-16(11-20-10-13(19)9-18)15-8-4-6-12-5-2-3-7-14(12)15/h2-8,13,16-19H,9-11H2,1H3. The molecule has 0 amide bonds. The van der Waals surface area contributed by atoms with E-state index in [0.29, 0.717) is 5.75 Å². The lowest BCUT2D eigenvalue weighted by atomic mass is 10.00. The molecule has 0 aliphatic carbocycles. The average Bonchev–Trinajstić information content (AvgIpc) is 2.51. The molecule has 2 rings (SSSR count). The Bertz CT molecular complexity index is 541. The topological polar surface area (TPSA) is 52.5 Å². The third kappa shape index (κ3) is 3.73. The Morgan fingerprint density at radius 3 is 2.60 bits per heavy atom. The van der Waals surface area contributed by atoms with Gasteiger partial charge >= 0.3 is 0 Å². The number of benzene rings is 2. The number of aliphatic hydroxyl groups excluding tert-OH is 2. The summed E-state index contributed by atoms with van der Waals surface area (Å²) in [5, 5.41) is 24.1. The SMILES string of the molecule is CNC(CSCC(O)CO)c1cccc2ccccc12. The van der Waals surface area contributed by atoms with Crippen LogP contribution in [0.1, 0.15) is 11.6 Å². The third-order valence-electron chi connectivity index (χ3n) is 3.35. The van der Waals surface area contributed by atoms with Crippen molar-refractivity contribution in [1.82, 2.24) is 5.32 Å². The summed E-state index contributed by atoms with van der Waals surface area (Å²) in [5.41, 5.74) is 1.27. The number of aliphatic hydroxyl groups is 2. The molecule has 2 unspecified atom stereocenters. The van der Waals surface area contributed by atoms with Crippen LogP contribution in [0.2, 0.25) is 0 Å². The minimum atomic E-state index is -0.634. The van der Waals surface area contributed by atoms with Gasteiger partial charge in [0.2, 0.25) is 0 Å². The van der Waals surface area contributed by atoms with E-state index in [1.54, 1.807) is 11.8 Å². The molecule has 0 radical (unpaired) electrons. The highest BCUT2D eigenvalue weighted by molar-refractivity contribution is 7.99. The smallest absolute Gasteiger partial charge is 0.0861 e. The van der Waals surface area contributed by atoms with Gasteiger partial charge in [-0.25, -0.2) is 0 Å². The van der Waals surface area contributed by atoms with Crippen LogP contribution in [0.15, 0.2) is 42.5 Å². The maximum atomic E-state index is 9.39. The summed E-state index contributed by atoms with van der Waals surface area (Å²) in [6, 6.07) is 14.9. The van der Waals surface area contributed by atoms with Crippen molar-refractivity contribution >= 4 is 22.5 Å². The van der Waals surface area contributed by atoms with Gasteiger partial charge in [-0.15, -0.1) is 0 Å². The van der Waals surface area contributed by atoms with E-state index in [1.807, 2.05) is 13.1 Å². The molecule has 4 heteroatoms. The van der Waals surface area contributed by atoms with Crippen molar-refractivity contribution in [2.75, 3.05) is 25.2 Å². The van der Waals surface area contributed by atoms with Gasteiger partial charge in [0.1, 0.15) is 0 Å². The number of fused-ring (bicyclic) bond motifs is 1. The van der Waals surface area contributed by atoms with Crippen LogP contribution in [0.3, 0.4) is 0 Å². The molecule has 2 aromatic carbocycles. The Kier molecular flexibility index (Phi) is 5.86. The van der Waals surface area contributed by atoms with Gasteiger partial charge in [0, 0.05) is 17.5 Å². The minimum absolute atomic E-state index is 0.175. The number of rotatable bonds is 7. The predicted molar refractivity (Wildman–Crippen MR) is 86.2 cm³/mol. The Labute approximate surface area is 124 Å². The first-order valence-corrected chi connectivity index (χ1v) is 7.93. The van der Waals surface area contributed by atoms with Crippen LogP contribution in [-0.4, -0.2) is 41.5 Å². The molecule has 20 heavy (non-hydrogen) atoms. The first kappa shape index (κ1) is 15.3. The number of hydrogen-bond donors (Lipinski definition) is 3. The largest absolute Gasteiger partial charge is 0.394 e. The molecule has 0 aliphatic rings. The van der Waals surface area contributed by atoms with Crippen molar-refractivity contribution in [2.45, 2.75) is 12.1 Å². The zero-order chi connectivity index (χ0) is 14.4. The quantitative estimate of drug-likeness (QED) is 0.732. The summed E-state index contributed by atoms with van der Waals surface area (Å²) >= 11 is 1.65. The Morgan fingerprint density at radius 1 is 1.10 bits per heavy atom. The fraction of sp³-hybridized carbons (Fsp3) is 0.375. The first-order valence-electron chi connectivity index (χ1n) is 6.78. The van der Waals surface area contributed by atoms with Crippen LogP contribution in [0, 0.1) is 0 Å². The van der Waals surface area contributed by atoms with Crippen LogP contribution in [0.5, 0.6) is 0 Å².